The van der Waals surface area contributed by atoms with Gasteiger partial charge in [-0.3, -0.25) is 0 Å². The second-order valence-electron chi connectivity index (χ2n) is 4.68. The van der Waals surface area contributed by atoms with Gasteiger partial charge < -0.3 is 9.13 Å². The van der Waals surface area contributed by atoms with E-state index in [1.807, 2.05) is 19.3 Å². The SMILES string of the molecule is Cc1cccc2c1ccn2CCn1ccnc1C. The Kier molecular flexibility index (Phi) is 2.67. The molecule has 3 nitrogen and oxygen atoms in total. The summed E-state index contributed by atoms with van der Waals surface area (Å²) in [5, 5.41) is 1.35. The minimum Gasteiger partial charge on any atom is -0.346 e. The van der Waals surface area contributed by atoms with E-state index in [4.69, 9.17) is 0 Å². The van der Waals surface area contributed by atoms with E-state index in [2.05, 4.69) is 51.5 Å². The van der Waals surface area contributed by atoms with Gasteiger partial charge in [-0.05, 0) is 31.5 Å². The summed E-state index contributed by atoms with van der Waals surface area (Å²) in [5.41, 5.74) is 2.65. The molecule has 0 saturated heterocycles. The largest absolute Gasteiger partial charge is 0.346 e. The van der Waals surface area contributed by atoms with Gasteiger partial charge in [0.25, 0.3) is 0 Å². The fraction of sp³-hybridized carbons (Fsp3) is 0.267. The Hall–Kier alpha value is -2.03. The third kappa shape index (κ3) is 1.82. The van der Waals surface area contributed by atoms with Crippen molar-refractivity contribution in [2.24, 2.45) is 0 Å². The molecule has 0 aliphatic heterocycles. The molecule has 2 aromatic heterocycles. The van der Waals surface area contributed by atoms with Crippen molar-refractivity contribution in [3.8, 4) is 0 Å². The Labute approximate surface area is 107 Å². The number of nitrogens with zero attached hydrogens (tertiary/aromatic N) is 3. The lowest BCUT2D eigenvalue weighted by Crippen LogP contribution is -2.07. The van der Waals surface area contributed by atoms with Gasteiger partial charge in [0.05, 0.1) is 0 Å². The molecule has 0 atom stereocenters. The number of imidazole rings is 1. The van der Waals surface area contributed by atoms with Gasteiger partial charge in [0, 0.05) is 42.6 Å². The van der Waals surface area contributed by atoms with Gasteiger partial charge in [-0.15, -0.1) is 0 Å². The van der Waals surface area contributed by atoms with Crippen molar-refractivity contribution >= 4 is 10.9 Å². The molecular formula is C15H17N3. The van der Waals surface area contributed by atoms with E-state index in [1.54, 1.807) is 0 Å². The van der Waals surface area contributed by atoms with Crippen LogP contribution in [0.1, 0.15) is 11.4 Å². The molecule has 0 spiro atoms. The van der Waals surface area contributed by atoms with Crippen LogP contribution in [0.25, 0.3) is 10.9 Å². The van der Waals surface area contributed by atoms with Crippen LogP contribution < -0.4 is 0 Å². The summed E-state index contributed by atoms with van der Waals surface area (Å²) in [4.78, 5) is 4.25. The molecular weight excluding hydrogens is 222 g/mol. The topological polar surface area (TPSA) is 22.8 Å². The van der Waals surface area contributed by atoms with Crippen LogP contribution in [0.5, 0.6) is 0 Å². The summed E-state index contributed by atoms with van der Waals surface area (Å²) in [6.07, 6.45) is 6.06. The highest BCUT2D eigenvalue weighted by molar-refractivity contribution is 5.83. The lowest BCUT2D eigenvalue weighted by Gasteiger charge is -2.08. The Bertz CT molecular complexity index is 676. The number of aromatic nitrogens is 3. The van der Waals surface area contributed by atoms with Crippen LogP contribution in [0.3, 0.4) is 0 Å². The van der Waals surface area contributed by atoms with Crippen molar-refractivity contribution in [1.29, 1.82) is 0 Å². The first kappa shape index (κ1) is 11.1. The Morgan fingerprint density at radius 2 is 1.83 bits per heavy atom. The van der Waals surface area contributed by atoms with Crippen LogP contribution in [0.4, 0.5) is 0 Å². The minimum atomic E-state index is 0.962. The smallest absolute Gasteiger partial charge is 0.105 e. The standard InChI is InChI=1S/C15H17N3/c1-12-4-3-5-15-14(12)6-8-18(15)11-10-17-9-7-16-13(17)2/h3-9H,10-11H2,1-2H3. The summed E-state index contributed by atoms with van der Waals surface area (Å²) < 4.78 is 4.49. The van der Waals surface area contributed by atoms with E-state index in [0.717, 1.165) is 18.9 Å². The first-order chi connectivity index (χ1) is 8.75. The molecule has 0 bridgehead atoms. The molecule has 18 heavy (non-hydrogen) atoms. The van der Waals surface area contributed by atoms with Crippen molar-refractivity contribution in [3.63, 3.8) is 0 Å². The maximum absolute atomic E-state index is 4.25. The third-order valence-corrected chi connectivity index (χ3v) is 3.54. The molecule has 0 aliphatic carbocycles. The number of benzene rings is 1. The minimum absolute atomic E-state index is 0.962. The second-order valence-corrected chi connectivity index (χ2v) is 4.68. The van der Waals surface area contributed by atoms with Gasteiger partial charge >= 0.3 is 0 Å². The van der Waals surface area contributed by atoms with E-state index in [0.29, 0.717) is 0 Å². The van der Waals surface area contributed by atoms with Crippen LogP contribution in [0.2, 0.25) is 0 Å². The van der Waals surface area contributed by atoms with Gasteiger partial charge in [-0.25, -0.2) is 4.98 Å². The molecule has 3 aromatic rings. The summed E-state index contributed by atoms with van der Waals surface area (Å²) in [5.74, 6) is 1.07. The zero-order chi connectivity index (χ0) is 12.5. The van der Waals surface area contributed by atoms with Crippen molar-refractivity contribution in [3.05, 3.63) is 54.2 Å². The van der Waals surface area contributed by atoms with Gasteiger partial charge in [-0.2, -0.15) is 0 Å². The van der Waals surface area contributed by atoms with E-state index in [-0.39, 0.29) is 0 Å². The number of hydrogen-bond donors (Lipinski definition) is 0. The molecule has 2 heterocycles. The molecule has 0 radical (unpaired) electrons. The van der Waals surface area contributed by atoms with E-state index in [9.17, 15) is 0 Å². The fourth-order valence-electron chi connectivity index (χ4n) is 2.43. The van der Waals surface area contributed by atoms with Crippen LogP contribution >= 0.6 is 0 Å². The summed E-state index contributed by atoms with van der Waals surface area (Å²) in [6, 6.07) is 8.66. The van der Waals surface area contributed by atoms with Crippen molar-refractivity contribution in [2.75, 3.05) is 0 Å². The third-order valence-electron chi connectivity index (χ3n) is 3.54. The summed E-state index contributed by atoms with van der Waals surface area (Å²) >= 11 is 0. The van der Waals surface area contributed by atoms with Gasteiger partial charge in [0.2, 0.25) is 0 Å². The van der Waals surface area contributed by atoms with Crippen LogP contribution in [0.15, 0.2) is 42.9 Å². The number of hydrogen-bond acceptors (Lipinski definition) is 1. The van der Waals surface area contributed by atoms with Gasteiger partial charge in [0.15, 0.2) is 0 Å². The number of aryl methyl sites for hydroxylation is 4. The first-order valence-corrected chi connectivity index (χ1v) is 6.28. The van der Waals surface area contributed by atoms with Crippen LogP contribution in [-0.4, -0.2) is 14.1 Å². The molecule has 0 aliphatic rings. The van der Waals surface area contributed by atoms with Crippen LogP contribution in [-0.2, 0) is 13.1 Å². The first-order valence-electron chi connectivity index (χ1n) is 6.28. The predicted octanol–water partition coefficient (Wildman–Crippen LogP) is 3.15. The molecule has 1 aromatic carbocycles. The Morgan fingerprint density at radius 3 is 2.61 bits per heavy atom. The fourth-order valence-corrected chi connectivity index (χ4v) is 2.43. The highest BCUT2D eigenvalue weighted by Crippen LogP contribution is 2.19. The van der Waals surface area contributed by atoms with Gasteiger partial charge in [0.1, 0.15) is 5.82 Å². The van der Waals surface area contributed by atoms with E-state index in [1.165, 1.54) is 16.5 Å². The lowest BCUT2D eigenvalue weighted by atomic mass is 10.1. The normalized spacial score (nSPS) is 11.2. The molecule has 3 rings (SSSR count). The zero-order valence-electron chi connectivity index (χ0n) is 10.8. The number of fused-ring (bicyclic) bond motifs is 1. The Morgan fingerprint density at radius 1 is 1.00 bits per heavy atom. The molecule has 92 valence electrons. The Balaban J connectivity index is 1.87. The molecule has 0 N–H and O–H groups in total. The highest BCUT2D eigenvalue weighted by atomic mass is 15.1. The van der Waals surface area contributed by atoms with E-state index < -0.39 is 0 Å². The van der Waals surface area contributed by atoms with Crippen molar-refractivity contribution in [1.82, 2.24) is 14.1 Å². The maximum atomic E-state index is 4.25. The molecule has 3 heteroatoms. The van der Waals surface area contributed by atoms with Crippen molar-refractivity contribution < 1.29 is 0 Å². The van der Waals surface area contributed by atoms with E-state index >= 15 is 0 Å². The van der Waals surface area contributed by atoms with Crippen molar-refractivity contribution in [2.45, 2.75) is 26.9 Å². The second kappa shape index (κ2) is 4.33. The molecule has 0 unspecified atom stereocenters. The summed E-state index contributed by atoms with van der Waals surface area (Å²) in [6.45, 7) is 6.14. The number of rotatable bonds is 3. The summed E-state index contributed by atoms with van der Waals surface area (Å²) in [7, 11) is 0. The molecule has 0 saturated carbocycles. The highest BCUT2D eigenvalue weighted by Gasteiger charge is 2.03. The van der Waals surface area contributed by atoms with Gasteiger partial charge in [-0.1, -0.05) is 12.1 Å². The van der Waals surface area contributed by atoms with Crippen LogP contribution in [0, 0.1) is 13.8 Å². The molecule has 0 fully saturated rings. The maximum Gasteiger partial charge on any atom is 0.105 e. The lowest BCUT2D eigenvalue weighted by molar-refractivity contribution is 0.580. The zero-order valence-corrected chi connectivity index (χ0v) is 10.8. The monoisotopic (exact) mass is 239 g/mol. The molecule has 0 amide bonds. The average molecular weight is 239 g/mol. The quantitative estimate of drug-likeness (QED) is 0.688. The predicted molar refractivity (Wildman–Crippen MR) is 73.6 cm³/mol. The average Bonchev–Trinajstić information content (AvgIpc) is 2.94.